The second-order valence-electron chi connectivity index (χ2n) is 5.25. The molecule has 0 saturated heterocycles. The van der Waals surface area contributed by atoms with Crippen LogP contribution >= 0.6 is 0 Å². The monoisotopic (exact) mass is 349 g/mol. The molecule has 0 aliphatic heterocycles. The summed E-state index contributed by atoms with van der Waals surface area (Å²) in [5, 5.41) is 22.4. The van der Waals surface area contributed by atoms with Gasteiger partial charge in [0.05, 0.1) is 0 Å². The number of allylic oxidation sites excluding steroid dienone is 1. The van der Waals surface area contributed by atoms with Crippen LogP contribution in [0.4, 0.5) is 0 Å². The number of esters is 1. The van der Waals surface area contributed by atoms with Crippen molar-refractivity contribution in [2.24, 2.45) is 0 Å². The number of carbonyl (C=O) groups excluding carboxylic acids is 1. The Morgan fingerprint density at radius 1 is 1.26 bits per heavy atom. The Kier molecular flexibility index (Phi) is 12.2. The summed E-state index contributed by atoms with van der Waals surface area (Å²) in [4.78, 5) is 11.1. The summed E-state index contributed by atoms with van der Waals surface area (Å²) in [5.41, 5.74) is 0. The van der Waals surface area contributed by atoms with Gasteiger partial charge in [0.2, 0.25) is 0 Å². The molecule has 3 N–H and O–H groups in total. The molecular weight excluding hydrogens is 318 g/mol. The Hall–Kier alpha value is -0.773. The molecule has 8 heteroatoms. The van der Waals surface area contributed by atoms with Gasteiger partial charge in [0, 0.05) is 25.8 Å². The van der Waals surface area contributed by atoms with Crippen LogP contribution in [-0.2, 0) is 18.4 Å². The van der Waals surface area contributed by atoms with E-state index in [2.05, 4.69) is 5.32 Å². The number of aliphatic hydroxyl groups is 2. The maximum Gasteiger partial charge on any atom is 0.335 e. The van der Waals surface area contributed by atoms with Gasteiger partial charge in [-0.2, -0.15) is 0 Å². The molecule has 0 aromatic rings. The van der Waals surface area contributed by atoms with Crippen molar-refractivity contribution in [2.45, 2.75) is 52.1 Å². The molecule has 0 aliphatic rings. The normalized spacial score (nSPS) is 14.9. The molecule has 0 aromatic heterocycles. The fraction of sp³-hybridized carbons (Fsp3) is 0.800. The molecule has 2 unspecified atom stereocenters. The predicted molar refractivity (Wildman–Crippen MR) is 90.1 cm³/mol. The lowest BCUT2D eigenvalue weighted by Crippen LogP contribution is -2.42. The van der Waals surface area contributed by atoms with Gasteiger partial charge in [0.1, 0.15) is 18.9 Å². The smallest absolute Gasteiger partial charge is 0.335 e. The molecule has 0 amide bonds. The van der Waals surface area contributed by atoms with Crippen LogP contribution in [0.3, 0.4) is 0 Å². The van der Waals surface area contributed by atoms with Crippen LogP contribution in [0, 0.1) is 0 Å². The molecule has 0 aromatic carbocycles. The summed E-state index contributed by atoms with van der Waals surface area (Å²) >= 11 is 0. The van der Waals surface area contributed by atoms with Crippen molar-refractivity contribution < 1.29 is 28.6 Å². The van der Waals surface area contributed by atoms with Crippen LogP contribution in [0.5, 0.6) is 0 Å². The Balaban J connectivity index is 4.00. The highest BCUT2D eigenvalue weighted by atomic mass is 28.4. The first-order valence-electron chi connectivity index (χ1n) is 8.03. The fourth-order valence-corrected chi connectivity index (χ4v) is 4.38. The van der Waals surface area contributed by atoms with E-state index in [1.807, 2.05) is 20.4 Å². The molecule has 7 nitrogen and oxygen atoms in total. The Labute approximate surface area is 139 Å². The number of rotatable bonds is 13. The molecule has 0 aliphatic carbocycles. The minimum atomic E-state index is -2.25. The van der Waals surface area contributed by atoms with Crippen LogP contribution in [0.1, 0.15) is 27.2 Å². The number of nitrogens with one attached hydrogen (secondary N) is 1. The van der Waals surface area contributed by atoms with Crippen LogP contribution in [0.2, 0.25) is 12.6 Å². The molecular formula is C15H31NO6Si. The molecule has 23 heavy (non-hydrogen) atoms. The average Bonchev–Trinajstić information content (AvgIpc) is 2.50. The zero-order valence-corrected chi connectivity index (χ0v) is 15.6. The number of ether oxygens (including phenoxy) is 1. The van der Waals surface area contributed by atoms with E-state index in [1.165, 1.54) is 6.08 Å². The van der Waals surface area contributed by atoms with Gasteiger partial charge in [-0.15, -0.1) is 0 Å². The molecule has 0 fully saturated rings. The summed E-state index contributed by atoms with van der Waals surface area (Å²) in [5.74, 6) is -0.498. The van der Waals surface area contributed by atoms with E-state index >= 15 is 0 Å². The summed E-state index contributed by atoms with van der Waals surface area (Å²) in [6.45, 7) is 8.71. The number of hydrogen-bond acceptors (Lipinski definition) is 7. The molecule has 136 valence electrons. The van der Waals surface area contributed by atoms with Crippen LogP contribution in [0.25, 0.3) is 0 Å². The third-order valence-corrected chi connectivity index (χ3v) is 6.08. The Morgan fingerprint density at radius 3 is 2.39 bits per heavy atom. The predicted octanol–water partition coefficient (Wildman–Crippen LogP) is 0.910. The van der Waals surface area contributed by atoms with Crippen molar-refractivity contribution in [3.05, 3.63) is 12.2 Å². The van der Waals surface area contributed by atoms with Gasteiger partial charge in [-0.1, -0.05) is 6.08 Å². The highest BCUT2D eigenvalue weighted by molar-refractivity contribution is 6.66. The highest BCUT2D eigenvalue weighted by Gasteiger charge is 2.31. The summed E-state index contributed by atoms with van der Waals surface area (Å²) < 4.78 is 16.2. The van der Waals surface area contributed by atoms with Crippen molar-refractivity contribution in [1.29, 1.82) is 0 Å². The van der Waals surface area contributed by atoms with E-state index in [-0.39, 0.29) is 13.2 Å². The standard InChI is InChI=1S/C15H31NO6Si/c1-5-8-15(19)20-12-13(17)11-16-14(18)9-10-23(4,21-6-2)22-7-3/h5,8,13-14,16-18H,6-7,9-12H2,1-4H3. The largest absolute Gasteiger partial charge is 0.460 e. The van der Waals surface area contributed by atoms with Crippen molar-refractivity contribution in [3.8, 4) is 0 Å². The quantitative estimate of drug-likeness (QED) is 0.197. The van der Waals surface area contributed by atoms with Gasteiger partial charge in [-0.25, -0.2) is 4.79 Å². The van der Waals surface area contributed by atoms with E-state index in [0.717, 1.165) is 0 Å². The number of aliphatic hydroxyl groups excluding tert-OH is 2. The summed E-state index contributed by atoms with van der Waals surface area (Å²) in [6, 6.07) is 0.648. The molecule has 0 saturated carbocycles. The lowest BCUT2D eigenvalue weighted by atomic mass is 10.3. The molecule has 0 radical (unpaired) electrons. The second-order valence-corrected chi connectivity index (χ2v) is 8.59. The number of carbonyl (C=O) groups is 1. The van der Waals surface area contributed by atoms with Gasteiger partial charge in [-0.05, 0) is 39.8 Å². The molecule has 0 bridgehead atoms. The van der Waals surface area contributed by atoms with Gasteiger partial charge >= 0.3 is 14.5 Å². The van der Waals surface area contributed by atoms with Crippen LogP contribution in [0.15, 0.2) is 12.2 Å². The Bertz CT molecular complexity index is 347. The summed E-state index contributed by atoms with van der Waals surface area (Å²) in [6.07, 6.45) is 1.66. The van der Waals surface area contributed by atoms with Crippen LogP contribution < -0.4 is 5.32 Å². The lowest BCUT2D eigenvalue weighted by molar-refractivity contribution is -0.140. The van der Waals surface area contributed by atoms with E-state index in [4.69, 9.17) is 13.6 Å². The molecule has 0 heterocycles. The van der Waals surface area contributed by atoms with Crippen molar-refractivity contribution in [2.75, 3.05) is 26.4 Å². The van der Waals surface area contributed by atoms with Gasteiger partial charge in [0.25, 0.3) is 0 Å². The maximum atomic E-state index is 11.1. The third kappa shape index (κ3) is 11.4. The molecule has 0 rings (SSSR count). The third-order valence-electron chi connectivity index (χ3n) is 3.08. The summed E-state index contributed by atoms with van der Waals surface area (Å²) in [7, 11) is -2.25. The first-order valence-corrected chi connectivity index (χ1v) is 10.6. The van der Waals surface area contributed by atoms with Gasteiger partial charge < -0.3 is 23.8 Å². The first kappa shape index (κ1) is 22.2. The first-order chi connectivity index (χ1) is 10.9. The topological polar surface area (TPSA) is 97.3 Å². The zero-order valence-electron chi connectivity index (χ0n) is 14.6. The minimum Gasteiger partial charge on any atom is -0.460 e. The molecule has 0 spiro atoms. The highest BCUT2D eigenvalue weighted by Crippen LogP contribution is 2.16. The van der Waals surface area contributed by atoms with E-state index in [1.54, 1.807) is 13.0 Å². The van der Waals surface area contributed by atoms with E-state index < -0.39 is 26.9 Å². The van der Waals surface area contributed by atoms with Crippen molar-refractivity contribution in [3.63, 3.8) is 0 Å². The van der Waals surface area contributed by atoms with E-state index in [0.29, 0.717) is 25.7 Å². The average molecular weight is 350 g/mol. The number of hydrogen-bond donors (Lipinski definition) is 3. The minimum absolute atomic E-state index is 0.118. The van der Waals surface area contributed by atoms with E-state index in [9.17, 15) is 15.0 Å². The van der Waals surface area contributed by atoms with Gasteiger partial charge in [-0.3, -0.25) is 5.32 Å². The SMILES string of the molecule is CC=CC(=O)OCC(O)CNC(O)CC[Si](C)(OCC)OCC. The van der Waals surface area contributed by atoms with Crippen molar-refractivity contribution >= 4 is 14.5 Å². The second kappa shape index (κ2) is 12.6. The van der Waals surface area contributed by atoms with Crippen molar-refractivity contribution in [1.82, 2.24) is 5.32 Å². The maximum absolute atomic E-state index is 11.1. The van der Waals surface area contributed by atoms with Gasteiger partial charge in [0.15, 0.2) is 0 Å². The lowest BCUT2D eigenvalue weighted by Gasteiger charge is -2.27. The fourth-order valence-electron chi connectivity index (χ4n) is 1.99. The molecule has 2 atom stereocenters. The Morgan fingerprint density at radius 2 is 1.87 bits per heavy atom. The van der Waals surface area contributed by atoms with Crippen LogP contribution in [-0.4, -0.2) is 63.4 Å². The zero-order chi connectivity index (χ0) is 17.7.